The fraction of sp³-hybridized carbons (Fsp3) is 0.250. The van der Waals surface area contributed by atoms with Gasteiger partial charge in [-0.05, 0) is 5.56 Å². The second-order valence-electron chi connectivity index (χ2n) is 2.81. The summed E-state index contributed by atoms with van der Waals surface area (Å²) < 4.78 is 23.6. The van der Waals surface area contributed by atoms with Gasteiger partial charge in [-0.3, -0.25) is 0 Å². The topological polar surface area (TPSA) is 92.4 Å². The van der Waals surface area contributed by atoms with E-state index >= 15 is 0 Å². The van der Waals surface area contributed by atoms with Crippen molar-refractivity contribution in [3.8, 4) is 0 Å². The molecule has 0 bridgehead atoms. The fourth-order valence-corrected chi connectivity index (χ4v) is 1.70. The van der Waals surface area contributed by atoms with Crippen molar-refractivity contribution in [2.24, 2.45) is 5.14 Å². The molecule has 1 unspecified atom stereocenters. The number of aliphatic hydroxyl groups excluding tert-OH is 1. The van der Waals surface area contributed by atoms with E-state index in [1.807, 2.05) is 0 Å². The van der Waals surface area contributed by atoms with Gasteiger partial charge in [-0.15, -0.1) is 0 Å². The van der Waals surface area contributed by atoms with Crippen LogP contribution >= 0.6 is 0 Å². The van der Waals surface area contributed by atoms with Gasteiger partial charge in [0.25, 0.3) is 10.2 Å². The van der Waals surface area contributed by atoms with Crippen molar-refractivity contribution in [1.82, 2.24) is 4.72 Å². The lowest BCUT2D eigenvalue weighted by Gasteiger charge is -2.14. The largest absolute Gasteiger partial charge is 0.394 e. The smallest absolute Gasteiger partial charge is 0.275 e. The molecule has 0 saturated heterocycles. The lowest BCUT2D eigenvalue weighted by Crippen LogP contribution is -2.35. The summed E-state index contributed by atoms with van der Waals surface area (Å²) in [6.45, 7) is -0.333. The summed E-state index contributed by atoms with van der Waals surface area (Å²) in [5.74, 6) is 0. The third kappa shape index (κ3) is 3.43. The Balaban J connectivity index is 2.84. The highest BCUT2D eigenvalue weighted by Gasteiger charge is 2.14. The lowest BCUT2D eigenvalue weighted by atomic mass is 10.1. The fourth-order valence-electron chi connectivity index (χ4n) is 1.09. The summed E-state index contributed by atoms with van der Waals surface area (Å²) >= 11 is 0. The van der Waals surface area contributed by atoms with E-state index in [-0.39, 0.29) is 6.61 Å². The molecule has 0 fully saturated rings. The minimum atomic E-state index is -3.79. The quantitative estimate of drug-likeness (QED) is 0.634. The van der Waals surface area contributed by atoms with Crippen LogP contribution in [0.3, 0.4) is 0 Å². The molecule has 0 spiro atoms. The van der Waals surface area contributed by atoms with E-state index in [9.17, 15) is 8.42 Å². The van der Waals surface area contributed by atoms with E-state index in [0.717, 1.165) is 0 Å². The van der Waals surface area contributed by atoms with Crippen molar-refractivity contribution in [3.63, 3.8) is 0 Å². The standard InChI is InChI=1S/C8H12N2O3S/c9-14(12,13)10-8(6-11)7-4-2-1-3-5-7/h1-5,8,10-11H,6H2,(H2,9,12,13). The van der Waals surface area contributed by atoms with Crippen LogP contribution in [0.25, 0.3) is 0 Å². The number of benzene rings is 1. The van der Waals surface area contributed by atoms with Crippen LogP contribution in [0.15, 0.2) is 30.3 Å². The molecular formula is C8H12N2O3S. The first-order valence-corrected chi connectivity index (χ1v) is 5.53. The maximum Gasteiger partial charge on any atom is 0.275 e. The zero-order chi connectivity index (χ0) is 10.6. The van der Waals surface area contributed by atoms with Crippen LogP contribution in [-0.4, -0.2) is 20.1 Å². The molecule has 14 heavy (non-hydrogen) atoms. The Kier molecular flexibility index (Phi) is 3.59. The van der Waals surface area contributed by atoms with Crippen molar-refractivity contribution < 1.29 is 13.5 Å². The van der Waals surface area contributed by atoms with Crippen LogP contribution in [0.1, 0.15) is 11.6 Å². The van der Waals surface area contributed by atoms with E-state index in [1.165, 1.54) is 0 Å². The molecule has 0 aliphatic carbocycles. The van der Waals surface area contributed by atoms with Gasteiger partial charge in [-0.2, -0.15) is 13.1 Å². The average molecular weight is 216 g/mol. The Morgan fingerprint density at radius 2 is 1.93 bits per heavy atom. The van der Waals surface area contributed by atoms with Gasteiger partial charge in [0.2, 0.25) is 0 Å². The highest BCUT2D eigenvalue weighted by molar-refractivity contribution is 7.87. The number of nitrogens with two attached hydrogens (primary N) is 1. The van der Waals surface area contributed by atoms with Crippen LogP contribution in [0.5, 0.6) is 0 Å². The minimum absolute atomic E-state index is 0.333. The molecule has 1 aromatic rings. The zero-order valence-corrected chi connectivity index (χ0v) is 8.24. The molecule has 0 radical (unpaired) electrons. The Hall–Kier alpha value is -0.950. The monoisotopic (exact) mass is 216 g/mol. The van der Waals surface area contributed by atoms with Gasteiger partial charge < -0.3 is 5.11 Å². The van der Waals surface area contributed by atoms with Gasteiger partial charge in [0, 0.05) is 0 Å². The molecule has 0 saturated carbocycles. The zero-order valence-electron chi connectivity index (χ0n) is 7.42. The summed E-state index contributed by atoms with van der Waals surface area (Å²) in [6.07, 6.45) is 0. The van der Waals surface area contributed by atoms with Gasteiger partial charge in [0.1, 0.15) is 0 Å². The molecule has 6 heteroatoms. The maximum absolute atomic E-state index is 10.7. The first kappa shape index (κ1) is 11.1. The van der Waals surface area contributed by atoms with E-state index in [0.29, 0.717) is 5.56 Å². The van der Waals surface area contributed by atoms with Crippen molar-refractivity contribution in [3.05, 3.63) is 35.9 Å². The predicted molar refractivity (Wildman–Crippen MR) is 52.5 cm³/mol. The van der Waals surface area contributed by atoms with Crippen molar-refractivity contribution >= 4 is 10.2 Å². The molecule has 4 N–H and O–H groups in total. The van der Waals surface area contributed by atoms with Crippen LogP contribution in [0, 0.1) is 0 Å². The van der Waals surface area contributed by atoms with Crippen molar-refractivity contribution in [1.29, 1.82) is 0 Å². The highest BCUT2D eigenvalue weighted by Crippen LogP contribution is 2.11. The van der Waals surface area contributed by atoms with E-state index in [2.05, 4.69) is 4.72 Å². The molecule has 1 atom stereocenters. The van der Waals surface area contributed by atoms with Crippen molar-refractivity contribution in [2.45, 2.75) is 6.04 Å². The number of rotatable bonds is 4. The molecule has 0 aromatic heterocycles. The SMILES string of the molecule is NS(=O)(=O)NC(CO)c1ccccc1. The normalized spacial score (nSPS) is 13.9. The Morgan fingerprint density at radius 3 is 2.36 bits per heavy atom. The molecule has 1 rings (SSSR count). The third-order valence-corrected chi connectivity index (χ3v) is 2.30. The Bertz CT molecular complexity index is 377. The summed E-state index contributed by atoms with van der Waals surface area (Å²) in [7, 11) is -3.79. The second-order valence-corrected chi connectivity index (χ2v) is 4.13. The Morgan fingerprint density at radius 1 is 1.36 bits per heavy atom. The average Bonchev–Trinajstić information content (AvgIpc) is 2.14. The third-order valence-electron chi connectivity index (χ3n) is 1.69. The van der Waals surface area contributed by atoms with E-state index < -0.39 is 16.3 Å². The summed E-state index contributed by atoms with van der Waals surface area (Å²) in [6, 6.07) is 8.03. The molecule has 0 amide bonds. The highest BCUT2D eigenvalue weighted by atomic mass is 32.2. The van der Waals surface area contributed by atoms with Gasteiger partial charge in [-0.1, -0.05) is 30.3 Å². The maximum atomic E-state index is 10.7. The first-order valence-electron chi connectivity index (χ1n) is 3.99. The Labute approximate surface area is 82.7 Å². The molecule has 5 nitrogen and oxygen atoms in total. The molecule has 78 valence electrons. The van der Waals surface area contributed by atoms with Gasteiger partial charge >= 0.3 is 0 Å². The lowest BCUT2D eigenvalue weighted by molar-refractivity contribution is 0.259. The van der Waals surface area contributed by atoms with E-state index in [4.69, 9.17) is 10.2 Å². The summed E-state index contributed by atoms with van der Waals surface area (Å²) in [4.78, 5) is 0. The molecule has 1 aromatic carbocycles. The number of aliphatic hydroxyl groups is 1. The molecule has 0 aliphatic rings. The predicted octanol–water partition coefficient (Wildman–Crippen LogP) is -0.487. The number of nitrogens with one attached hydrogen (secondary N) is 1. The minimum Gasteiger partial charge on any atom is -0.394 e. The van der Waals surface area contributed by atoms with Gasteiger partial charge in [0.05, 0.1) is 12.6 Å². The number of hydrogen-bond acceptors (Lipinski definition) is 3. The second kappa shape index (κ2) is 4.52. The van der Waals surface area contributed by atoms with Gasteiger partial charge in [0.15, 0.2) is 0 Å². The molecule has 0 heterocycles. The first-order chi connectivity index (χ1) is 6.53. The molecular weight excluding hydrogens is 204 g/mol. The van der Waals surface area contributed by atoms with Gasteiger partial charge in [-0.25, -0.2) is 5.14 Å². The molecule has 0 aliphatic heterocycles. The van der Waals surface area contributed by atoms with Crippen LogP contribution in [0.2, 0.25) is 0 Å². The van der Waals surface area contributed by atoms with Crippen LogP contribution < -0.4 is 9.86 Å². The summed E-state index contributed by atoms with van der Waals surface area (Å²) in [5, 5.41) is 13.8. The van der Waals surface area contributed by atoms with Crippen molar-refractivity contribution in [2.75, 3.05) is 6.61 Å². The van der Waals surface area contributed by atoms with E-state index in [1.54, 1.807) is 30.3 Å². The van der Waals surface area contributed by atoms with Crippen LogP contribution in [-0.2, 0) is 10.2 Å². The van der Waals surface area contributed by atoms with Crippen LogP contribution in [0.4, 0.5) is 0 Å². The summed E-state index contributed by atoms with van der Waals surface area (Å²) in [5.41, 5.74) is 0.670. The number of hydrogen-bond donors (Lipinski definition) is 3.